The largest absolute Gasteiger partial charge is 0.352 e. The number of hydrogen-bond donors (Lipinski definition) is 2. The zero-order chi connectivity index (χ0) is 20.0. The molecule has 2 aromatic carbocycles. The second-order valence-electron chi connectivity index (χ2n) is 6.07. The second kappa shape index (κ2) is 9.29. The Balaban J connectivity index is 2.36. The third kappa shape index (κ3) is 4.93. The first-order chi connectivity index (χ1) is 12.9. The minimum absolute atomic E-state index is 0.110. The van der Waals surface area contributed by atoms with Crippen molar-refractivity contribution in [3.8, 4) is 0 Å². The molecule has 1 unspecified atom stereocenters. The maximum atomic E-state index is 12.9. The molecule has 0 aliphatic carbocycles. The molecule has 0 fully saturated rings. The third-order valence-corrected chi connectivity index (χ3v) is 4.85. The lowest BCUT2D eigenvalue weighted by molar-refractivity contribution is -0.387. The standard InChI is InChI=1S/C19H21N3O4S/c1-12(10-20)11-21-19(24)15-6-4-3-5-14(15)18(23)13-7-8-17(27-2)16(9-13)22(25)26/h3-9,12H,10-11,20H2,1-2H3,(H,21,24). The summed E-state index contributed by atoms with van der Waals surface area (Å²) in [6.45, 7) is 2.74. The minimum Gasteiger partial charge on any atom is -0.352 e. The van der Waals surface area contributed by atoms with Crippen LogP contribution in [0, 0.1) is 16.0 Å². The Morgan fingerprint density at radius 3 is 2.48 bits per heavy atom. The van der Waals surface area contributed by atoms with Gasteiger partial charge in [-0.05, 0) is 36.9 Å². The van der Waals surface area contributed by atoms with Gasteiger partial charge in [0, 0.05) is 23.7 Å². The van der Waals surface area contributed by atoms with Gasteiger partial charge in [0.05, 0.1) is 15.4 Å². The Morgan fingerprint density at radius 2 is 1.89 bits per heavy atom. The van der Waals surface area contributed by atoms with Gasteiger partial charge in [-0.15, -0.1) is 11.8 Å². The molecule has 0 aliphatic rings. The van der Waals surface area contributed by atoms with Gasteiger partial charge in [-0.3, -0.25) is 19.7 Å². The monoisotopic (exact) mass is 387 g/mol. The number of benzene rings is 2. The normalized spacial score (nSPS) is 11.7. The van der Waals surface area contributed by atoms with E-state index in [1.165, 1.54) is 30.0 Å². The van der Waals surface area contributed by atoms with Crippen molar-refractivity contribution in [2.45, 2.75) is 11.8 Å². The number of nitrogens with two attached hydrogens (primary N) is 1. The first-order valence-corrected chi connectivity index (χ1v) is 9.56. The number of carbonyl (C=O) groups excluding carboxylic acids is 2. The lowest BCUT2D eigenvalue weighted by Gasteiger charge is -2.12. The van der Waals surface area contributed by atoms with E-state index in [-0.39, 0.29) is 34.2 Å². The first-order valence-electron chi connectivity index (χ1n) is 8.33. The number of thioether (sulfide) groups is 1. The van der Waals surface area contributed by atoms with E-state index in [0.29, 0.717) is 18.0 Å². The van der Waals surface area contributed by atoms with Crippen LogP contribution in [-0.4, -0.2) is 36.0 Å². The maximum Gasteiger partial charge on any atom is 0.283 e. The van der Waals surface area contributed by atoms with Crippen LogP contribution >= 0.6 is 11.8 Å². The van der Waals surface area contributed by atoms with E-state index >= 15 is 0 Å². The predicted molar refractivity (Wildman–Crippen MR) is 105 cm³/mol. The highest BCUT2D eigenvalue weighted by atomic mass is 32.2. The Labute approximate surface area is 161 Å². The van der Waals surface area contributed by atoms with E-state index in [0.717, 1.165) is 0 Å². The Morgan fingerprint density at radius 1 is 1.22 bits per heavy atom. The summed E-state index contributed by atoms with van der Waals surface area (Å²) >= 11 is 1.23. The summed E-state index contributed by atoms with van der Waals surface area (Å²) in [6.07, 6.45) is 1.73. The molecule has 0 saturated heterocycles. The van der Waals surface area contributed by atoms with Crippen LogP contribution in [-0.2, 0) is 0 Å². The van der Waals surface area contributed by atoms with E-state index in [4.69, 9.17) is 5.73 Å². The molecule has 0 saturated carbocycles. The number of nitro groups is 1. The van der Waals surface area contributed by atoms with Gasteiger partial charge in [-0.25, -0.2) is 0 Å². The zero-order valence-electron chi connectivity index (χ0n) is 15.1. The fourth-order valence-electron chi connectivity index (χ4n) is 2.45. The number of hydrogen-bond acceptors (Lipinski definition) is 6. The summed E-state index contributed by atoms with van der Waals surface area (Å²) in [5.41, 5.74) is 6.00. The average molecular weight is 387 g/mol. The number of nitrogens with zero attached hydrogens (tertiary/aromatic N) is 1. The molecule has 8 heteroatoms. The van der Waals surface area contributed by atoms with E-state index in [9.17, 15) is 19.7 Å². The molecule has 2 aromatic rings. The Bertz CT molecular complexity index is 870. The quantitative estimate of drug-likeness (QED) is 0.311. The lowest BCUT2D eigenvalue weighted by atomic mass is 9.97. The Kier molecular flexibility index (Phi) is 7.09. The third-order valence-electron chi connectivity index (χ3n) is 4.07. The topological polar surface area (TPSA) is 115 Å². The molecule has 0 heterocycles. The van der Waals surface area contributed by atoms with E-state index in [1.807, 2.05) is 6.92 Å². The molecule has 0 spiro atoms. The fraction of sp³-hybridized carbons (Fsp3) is 0.263. The van der Waals surface area contributed by atoms with E-state index < -0.39 is 10.7 Å². The number of nitro benzene ring substituents is 1. The van der Waals surface area contributed by atoms with Crippen molar-refractivity contribution in [3.05, 3.63) is 69.3 Å². The number of nitrogens with one attached hydrogen (secondary N) is 1. The lowest BCUT2D eigenvalue weighted by Crippen LogP contribution is -2.32. The number of ketones is 1. The van der Waals surface area contributed by atoms with Crippen LogP contribution in [0.25, 0.3) is 0 Å². The molecular formula is C19H21N3O4S. The van der Waals surface area contributed by atoms with E-state index in [2.05, 4.69) is 5.32 Å². The average Bonchev–Trinajstić information content (AvgIpc) is 2.70. The summed E-state index contributed by atoms with van der Waals surface area (Å²) in [5.74, 6) is -0.712. The van der Waals surface area contributed by atoms with Gasteiger partial charge < -0.3 is 11.1 Å². The molecule has 142 valence electrons. The molecule has 0 bridgehead atoms. The van der Waals surface area contributed by atoms with Gasteiger partial charge in [0.15, 0.2) is 5.78 Å². The highest BCUT2D eigenvalue weighted by Crippen LogP contribution is 2.29. The van der Waals surface area contributed by atoms with Gasteiger partial charge in [-0.1, -0.05) is 25.1 Å². The van der Waals surface area contributed by atoms with E-state index in [1.54, 1.807) is 30.5 Å². The number of amides is 1. The SMILES string of the molecule is CSc1ccc(C(=O)c2ccccc2C(=O)NCC(C)CN)cc1[N+](=O)[O-]. The zero-order valence-corrected chi connectivity index (χ0v) is 15.9. The summed E-state index contributed by atoms with van der Waals surface area (Å²) in [4.78, 5) is 36.6. The second-order valence-corrected chi connectivity index (χ2v) is 6.92. The van der Waals surface area contributed by atoms with Crippen LogP contribution in [0.2, 0.25) is 0 Å². The van der Waals surface area contributed by atoms with Crippen molar-refractivity contribution in [2.24, 2.45) is 11.7 Å². The van der Waals surface area contributed by atoms with Gasteiger partial charge in [0.25, 0.3) is 11.6 Å². The van der Waals surface area contributed by atoms with Gasteiger partial charge >= 0.3 is 0 Å². The number of carbonyl (C=O) groups is 2. The molecule has 3 N–H and O–H groups in total. The van der Waals surface area contributed by atoms with Crippen LogP contribution in [0.5, 0.6) is 0 Å². The smallest absolute Gasteiger partial charge is 0.283 e. The highest BCUT2D eigenvalue weighted by molar-refractivity contribution is 7.98. The summed E-state index contributed by atoms with van der Waals surface area (Å²) in [5, 5.41) is 14.0. The van der Waals surface area contributed by atoms with Crippen molar-refractivity contribution >= 4 is 29.1 Å². The maximum absolute atomic E-state index is 12.9. The van der Waals surface area contributed by atoms with Crippen molar-refractivity contribution < 1.29 is 14.5 Å². The predicted octanol–water partition coefficient (Wildman–Crippen LogP) is 2.87. The molecule has 0 radical (unpaired) electrons. The van der Waals surface area contributed by atoms with Crippen LogP contribution in [0.1, 0.15) is 33.2 Å². The van der Waals surface area contributed by atoms with Gasteiger partial charge in [-0.2, -0.15) is 0 Å². The summed E-state index contributed by atoms with van der Waals surface area (Å²) < 4.78 is 0. The van der Waals surface area contributed by atoms with Crippen molar-refractivity contribution in [3.63, 3.8) is 0 Å². The van der Waals surface area contributed by atoms with Crippen LogP contribution in [0.15, 0.2) is 47.4 Å². The highest BCUT2D eigenvalue weighted by Gasteiger charge is 2.21. The molecule has 1 amide bonds. The van der Waals surface area contributed by atoms with Crippen LogP contribution in [0.4, 0.5) is 5.69 Å². The van der Waals surface area contributed by atoms with Gasteiger partial charge in [0.2, 0.25) is 0 Å². The molecule has 27 heavy (non-hydrogen) atoms. The summed E-state index contributed by atoms with van der Waals surface area (Å²) in [7, 11) is 0. The molecule has 1 atom stereocenters. The van der Waals surface area contributed by atoms with Crippen molar-refractivity contribution in [2.75, 3.05) is 19.3 Å². The molecular weight excluding hydrogens is 366 g/mol. The van der Waals surface area contributed by atoms with Crippen LogP contribution in [0.3, 0.4) is 0 Å². The molecule has 7 nitrogen and oxygen atoms in total. The molecule has 0 aliphatic heterocycles. The minimum atomic E-state index is -0.518. The fourth-order valence-corrected chi connectivity index (χ4v) is 3.00. The Hall–Kier alpha value is -2.71. The molecule has 0 aromatic heterocycles. The van der Waals surface area contributed by atoms with Crippen LogP contribution < -0.4 is 11.1 Å². The van der Waals surface area contributed by atoms with Crippen molar-refractivity contribution in [1.82, 2.24) is 5.32 Å². The first kappa shape index (κ1) is 20.6. The number of rotatable bonds is 8. The molecule has 2 rings (SSSR count). The van der Waals surface area contributed by atoms with Gasteiger partial charge in [0.1, 0.15) is 0 Å². The van der Waals surface area contributed by atoms with Crippen molar-refractivity contribution in [1.29, 1.82) is 0 Å². The summed E-state index contributed by atoms with van der Waals surface area (Å²) in [6, 6.07) is 10.7.